The first-order valence-corrected chi connectivity index (χ1v) is 11.3. The van der Waals surface area contributed by atoms with Crippen LogP contribution in [0, 0.1) is 23.1 Å². The van der Waals surface area contributed by atoms with E-state index in [0.717, 1.165) is 37.1 Å². The molecule has 2 aromatic rings. The van der Waals surface area contributed by atoms with Crippen molar-refractivity contribution in [1.82, 2.24) is 9.88 Å². The summed E-state index contributed by atoms with van der Waals surface area (Å²) < 4.78 is 19.9. The molecule has 2 unspecified atom stereocenters. The number of amides is 1. The third-order valence-electron chi connectivity index (χ3n) is 7.37. The van der Waals surface area contributed by atoms with Gasteiger partial charge in [0.25, 0.3) is 0 Å². The number of ether oxygens (including phenoxy) is 1. The van der Waals surface area contributed by atoms with Gasteiger partial charge in [-0.2, -0.15) is 5.26 Å². The summed E-state index contributed by atoms with van der Waals surface area (Å²) in [5, 5.41) is 9.03. The number of benzene rings is 1. The minimum absolute atomic E-state index is 0.00999. The largest absolute Gasteiger partial charge is 0.360 e. The maximum absolute atomic E-state index is 13.7. The second-order valence-corrected chi connectivity index (χ2v) is 9.30. The van der Waals surface area contributed by atoms with Gasteiger partial charge in [-0.05, 0) is 61.4 Å². The fourth-order valence-electron chi connectivity index (χ4n) is 5.47. The lowest BCUT2D eigenvalue weighted by Crippen LogP contribution is -2.57. The van der Waals surface area contributed by atoms with E-state index < -0.39 is 5.60 Å². The number of aromatic nitrogens is 1. The number of carbonyl (C=O) groups excluding carboxylic acids is 1. The summed E-state index contributed by atoms with van der Waals surface area (Å²) in [6.45, 7) is 3.50. The van der Waals surface area contributed by atoms with Crippen molar-refractivity contribution >= 4 is 11.7 Å². The van der Waals surface area contributed by atoms with Gasteiger partial charge in [0.2, 0.25) is 5.91 Å². The van der Waals surface area contributed by atoms with Gasteiger partial charge < -0.3 is 14.5 Å². The van der Waals surface area contributed by atoms with Crippen LogP contribution in [0.25, 0.3) is 0 Å². The van der Waals surface area contributed by atoms with Gasteiger partial charge in [-0.3, -0.25) is 4.79 Å². The number of hydrogen-bond acceptors (Lipinski definition) is 5. The van der Waals surface area contributed by atoms with Crippen LogP contribution in [0.1, 0.15) is 43.7 Å². The highest BCUT2D eigenvalue weighted by Crippen LogP contribution is 2.45. The minimum Gasteiger partial charge on any atom is -0.360 e. The average Bonchev–Trinajstić information content (AvgIpc) is 2.97. The summed E-state index contributed by atoms with van der Waals surface area (Å²) in [6.07, 6.45) is 5.25. The molecule has 166 valence electrons. The van der Waals surface area contributed by atoms with Crippen LogP contribution in [0.3, 0.4) is 0 Å². The number of halogens is 1. The Balaban J connectivity index is 1.26. The van der Waals surface area contributed by atoms with Crippen LogP contribution in [-0.4, -0.2) is 47.6 Å². The molecule has 3 heterocycles. The highest BCUT2D eigenvalue weighted by Gasteiger charge is 2.47. The number of pyridine rings is 1. The molecule has 2 aliphatic heterocycles. The summed E-state index contributed by atoms with van der Waals surface area (Å²) in [7, 11) is 0. The number of piperazine rings is 1. The number of hydrogen-bond donors (Lipinski definition) is 0. The number of rotatable bonds is 5. The molecule has 0 radical (unpaired) electrons. The molecule has 3 aliphatic rings. The molecular weight excluding hydrogens is 407 g/mol. The van der Waals surface area contributed by atoms with Crippen LogP contribution in [0.2, 0.25) is 0 Å². The zero-order valence-electron chi connectivity index (χ0n) is 18.2. The molecule has 1 aromatic carbocycles. The lowest BCUT2D eigenvalue weighted by Gasteiger charge is -2.44. The Hall–Kier alpha value is -2.98. The highest BCUT2D eigenvalue weighted by molar-refractivity contribution is 5.78. The van der Waals surface area contributed by atoms with Crippen molar-refractivity contribution in [2.45, 2.75) is 50.3 Å². The van der Waals surface area contributed by atoms with Gasteiger partial charge in [-0.25, -0.2) is 9.37 Å². The molecule has 1 aromatic heterocycles. The van der Waals surface area contributed by atoms with Crippen LogP contribution < -0.4 is 4.90 Å². The smallest absolute Gasteiger partial charge is 0.248 e. The van der Waals surface area contributed by atoms with E-state index in [0.29, 0.717) is 24.6 Å². The van der Waals surface area contributed by atoms with Gasteiger partial charge in [0.05, 0.1) is 17.2 Å². The fraction of sp³-hybridized carbons (Fsp3) is 0.480. The van der Waals surface area contributed by atoms with Crippen LogP contribution >= 0.6 is 0 Å². The van der Waals surface area contributed by atoms with Crippen LogP contribution in [-0.2, 0) is 15.1 Å². The zero-order valence-corrected chi connectivity index (χ0v) is 18.2. The Morgan fingerprint density at radius 2 is 2.16 bits per heavy atom. The van der Waals surface area contributed by atoms with Crippen LogP contribution in [0.4, 0.5) is 10.2 Å². The molecule has 3 fully saturated rings. The maximum Gasteiger partial charge on any atom is 0.248 e. The van der Waals surface area contributed by atoms with E-state index in [1.54, 1.807) is 18.3 Å². The molecule has 32 heavy (non-hydrogen) atoms. The second kappa shape index (κ2) is 8.18. The van der Waals surface area contributed by atoms with E-state index in [1.165, 1.54) is 12.1 Å². The molecule has 0 spiro atoms. The van der Waals surface area contributed by atoms with E-state index in [9.17, 15) is 9.18 Å². The van der Waals surface area contributed by atoms with Crippen LogP contribution in [0.5, 0.6) is 0 Å². The summed E-state index contributed by atoms with van der Waals surface area (Å²) in [5.74, 6) is 1.03. The van der Waals surface area contributed by atoms with Crippen molar-refractivity contribution in [1.29, 1.82) is 5.26 Å². The Labute approximate surface area is 187 Å². The van der Waals surface area contributed by atoms with Crippen LogP contribution in [0.15, 0.2) is 42.6 Å². The predicted octanol–water partition coefficient (Wildman–Crippen LogP) is 3.61. The van der Waals surface area contributed by atoms with Gasteiger partial charge in [-0.1, -0.05) is 19.1 Å². The van der Waals surface area contributed by atoms with Crippen molar-refractivity contribution in [3.63, 3.8) is 0 Å². The molecule has 7 heteroatoms. The number of nitrogens with zero attached hydrogens (tertiary/aromatic N) is 4. The van der Waals surface area contributed by atoms with Gasteiger partial charge in [-0.15, -0.1) is 0 Å². The topological polar surface area (TPSA) is 69.5 Å². The first-order chi connectivity index (χ1) is 15.5. The quantitative estimate of drug-likeness (QED) is 0.719. The SMILES string of the molecule is C[C@H]1CC2CN(C(=O)COC3(c4cccc(F)c4)CCC3)CC1N2c1ccc(C#N)cn1. The number of fused-ring (bicyclic) bond motifs is 2. The zero-order chi connectivity index (χ0) is 22.3. The van der Waals surface area contributed by atoms with Gasteiger partial charge >= 0.3 is 0 Å². The normalized spacial score (nSPS) is 25.8. The molecule has 1 saturated carbocycles. The van der Waals surface area contributed by atoms with Crippen molar-refractivity contribution in [3.8, 4) is 6.07 Å². The molecule has 3 atom stereocenters. The third kappa shape index (κ3) is 3.63. The Kier molecular flexibility index (Phi) is 5.34. The van der Waals surface area contributed by atoms with Crippen molar-refractivity contribution in [2.24, 2.45) is 5.92 Å². The number of anilines is 1. The standard InChI is InChI=1S/C25H27FN4O2/c1-17-10-21-14-29(15-22(17)30(21)23-7-6-18(12-27)13-28-23)24(31)16-32-25(8-3-9-25)19-4-2-5-20(26)11-19/h2,4-7,11,13,17,21-22H,3,8-10,14-16H2,1H3/t17-,21?,22?/m0/s1. The summed E-state index contributed by atoms with van der Waals surface area (Å²) in [5.41, 5.74) is 0.823. The summed E-state index contributed by atoms with van der Waals surface area (Å²) in [4.78, 5) is 21.8. The Morgan fingerprint density at radius 1 is 1.31 bits per heavy atom. The van der Waals surface area contributed by atoms with Crippen molar-refractivity contribution < 1.29 is 13.9 Å². The van der Waals surface area contributed by atoms with Gasteiger partial charge in [0.15, 0.2) is 0 Å². The highest BCUT2D eigenvalue weighted by atomic mass is 19.1. The molecule has 2 bridgehead atoms. The molecule has 2 saturated heterocycles. The molecule has 1 amide bonds. The van der Waals surface area contributed by atoms with E-state index in [2.05, 4.69) is 22.9 Å². The van der Waals surface area contributed by atoms with Crippen molar-refractivity contribution in [3.05, 3.63) is 59.5 Å². The lowest BCUT2D eigenvalue weighted by atomic mass is 9.75. The predicted molar refractivity (Wildman–Crippen MR) is 117 cm³/mol. The first-order valence-electron chi connectivity index (χ1n) is 11.3. The number of nitriles is 1. The van der Waals surface area contributed by atoms with E-state index in [-0.39, 0.29) is 30.4 Å². The minimum atomic E-state index is -0.543. The first kappa shape index (κ1) is 20.9. The van der Waals surface area contributed by atoms with Gasteiger partial charge in [0, 0.05) is 25.3 Å². The summed E-state index contributed by atoms with van der Waals surface area (Å²) >= 11 is 0. The van der Waals surface area contributed by atoms with E-state index in [4.69, 9.17) is 10.00 Å². The Morgan fingerprint density at radius 3 is 2.78 bits per heavy atom. The average molecular weight is 435 g/mol. The lowest BCUT2D eigenvalue weighted by molar-refractivity contribution is -0.154. The van der Waals surface area contributed by atoms with E-state index in [1.807, 2.05) is 17.0 Å². The molecule has 0 N–H and O–H groups in total. The fourth-order valence-corrected chi connectivity index (χ4v) is 5.47. The molecular formula is C25H27FN4O2. The molecule has 1 aliphatic carbocycles. The van der Waals surface area contributed by atoms with Gasteiger partial charge in [0.1, 0.15) is 24.3 Å². The monoisotopic (exact) mass is 434 g/mol. The molecule has 5 rings (SSSR count). The number of likely N-dealkylation sites (tertiary alicyclic amines) is 1. The van der Waals surface area contributed by atoms with E-state index >= 15 is 0 Å². The number of carbonyl (C=O) groups is 1. The summed E-state index contributed by atoms with van der Waals surface area (Å²) in [6, 6.07) is 12.7. The third-order valence-corrected chi connectivity index (χ3v) is 7.37. The maximum atomic E-state index is 13.7. The van der Waals surface area contributed by atoms with Crippen molar-refractivity contribution in [2.75, 3.05) is 24.6 Å². The second-order valence-electron chi connectivity index (χ2n) is 9.30. The molecule has 6 nitrogen and oxygen atoms in total. The Bertz CT molecular complexity index is 1050.